The van der Waals surface area contributed by atoms with Crippen molar-refractivity contribution in [2.75, 3.05) is 26.4 Å². The predicted molar refractivity (Wildman–Crippen MR) is 92.8 cm³/mol. The second-order valence-corrected chi connectivity index (χ2v) is 6.89. The first-order valence-corrected chi connectivity index (χ1v) is 9.27. The molecular weight excluding hydrogens is 361 g/mol. The van der Waals surface area contributed by atoms with Crippen LogP contribution in [0.5, 0.6) is 0 Å². The highest BCUT2D eigenvalue weighted by Crippen LogP contribution is 2.33. The number of halogens is 3. The van der Waals surface area contributed by atoms with E-state index in [2.05, 4.69) is 19.1 Å². The molecule has 0 aliphatic carbocycles. The zero-order valence-electron chi connectivity index (χ0n) is 15.3. The molecule has 1 aromatic carbocycles. The maximum Gasteiger partial charge on any atom is 0.416 e. The van der Waals surface area contributed by atoms with E-state index in [4.69, 9.17) is 18.9 Å². The Morgan fingerprint density at radius 3 is 2.15 bits per heavy atom. The Morgan fingerprint density at radius 2 is 1.59 bits per heavy atom. The van der Waals surface area contributed by atoms with Crippen LogP contribution in [0.25, 0.3) is 0 Å². The van der Waals surface area contributed by atoms with Crippen LogP contribution in [-0.2, 0) is 25.1 Å². The fourth-order valence-corrected chi connectivity index (χ4v) is 3.07. The van der Waals surface area contributed by atoms with Crippen molar-refractivity contribution in [3.05, 3.63) is 47.5 Å². The van der Waals surface area contributed by atoms with E-state index in [1.165, 1.54) is 12.1 Å². The van der Waals surface area contributed by atoms with Crippen molar-refractivity contribution in [3.8, 4) is 0 Å². The molecule has 2 heterocycles. The largest absolute Gasteiger partial charge is 0.416 e. The van der Waals surface area contributed by atoms with Crippen LogP contribution in [0.2, 0.25) is 0 Å². The van der Waals surface area contributed by atoms with E-state index >= 15 is 0 Å². The van der Waals surface area contributed by atoms with E-state index < -0.39 is 18.0 Å². The van der Waals surface area contributed by atoms with Gasteiger partial charge in [0.25, 0.3) is 0 Å². The molecule has 0 atom stereocenters. The molecule has 3 rings (SSSR count). The van der Waals surface area contributed by atoms with Crippen LogP contribution in [0.4, 0.5) is 13.2 Å². The molecule has 0 spiro atoms. The van der Waals surface area contributed by atoms with Crippen molar-refractivity contribution in [2.45, 2.75) is 38.5 Å². The summed E-state index contributed by atoms with van der Waals surface area (Å²) in [7, 11) is 0. The molecule has 0 N–H and O–H groups in total. The molecule has 2 aliphatic rings. The van der Waals surface area contributed by atoms with Gasteiger partial charge in [-0.15, -0.1) is 0 Å². The van der Waals surface area contributed by atoms with Crippen molar-refractivity contribution in [1.82, 2.24) is 0 Å². The standard InChI is InChI=1S/C20H25F3O4/c1-2-3-4-5-14-10-24-19(25-11-14)16-12-26-18(27-13-16)15-6-8-17(9-7-15)20(21,22)23/h4-9,14,16,18-19H,2-3,10-13H2,1H3/b5-4+/t14-,16-,18-,19-. The van der Waals surface area contributed by atoms with Gasteiger partial charge in [0, 0.05) is 11.5 Å². The van der Waals surface area contributed by atoms with Crippen LogP contribution in [-0.4, -0.2) is 32.7 Å². The smallest absolute Gasteiger partial charge is 0.351 e. The Kier molecular flexibility index (Phi) is 6.92. The summed E-state index contributed by atoms with van der Waals surface area (Å²) in [5.74, 6) is 0.203. The van der Waals surface area contributed by atoms with Gasteiger partial charge in [0.15, 0.2) is 12.6 Å². The van der Waals surface area contributed by atoms with E-state index in [0.717, 1.165) is 25.0 Å². The van der Waals surface area contributed by atoms with Gasteiger partial charge in [-0.05, 0) is 18.6 Å². The maximum atomic E-state index is 12.6. The van der Waals surface area contributed by atoms with Gasteiger partial charge in [-0.2, -0.15) is 13.2 Å². The van der Waals surface area contributed by atoms with Crippen molar-refractivity contribution in [1.29, 1.82) is 0 Å². The molecule has 0 saturated carbocycles. The molecule has 150 valence electrons. The summed E-state index contributed by atoms with van der Waals surface area (Å²) in [4.78, 5) is 0. The van der Waals surface area contributed by atoms with Gasteiger partial charge < -0.3 is 18.9 Å². The molecule has 1 aromatic rings. The highest BCUT2D eigenvalue weighted by atomic mass is 19.4. The van der Waals surface area contributed by atoms with Crippen molar-refractivity contribution < 1.29 is 32.1 Å². The number of ether oxygens (including phenoxy) is 4. The van der Waals surface area contributed by atoms with Crippen LogP contribution in [0.3, 0.4) is 0 Å². The Balaban J connectivity index is 1.45. The maximum absolute atomic E-state index is 12.6. The average Bonchev–Trinajstić information content (AvgIpc) is 2.68. The van der Waals surface area contributed by atoms with Crippen LogP contribution < -0.4 is 0 Å². The molecule has 2 saturated heterocycles. The molecule has 27 heavy (non-hydrogen) atoms. The molecule has 4 nitrogen and oxygen atoms in total. The second kappa shape index (κ2) is 9.19. The Bertz CT molecular complexity index is 599. The number of alkyl halides is 3. The minimum absolute atomic E-state index is 0.0590. The Hall–Kier alpha value is -1.41. The number of hydrogen-bond acceptors (Lipinski definition) is 4. The summed E-state index contributed by atoms with van der Waals surface area (Å²) in [6.45, 7) is 4.07. The number of allylic oxidation sites excluding steroid dienone is 1. The van der Waals surface area contributed by atoms with E-state index in [9.17, 15) is 13.2 Å². The van der Waals surface area contributed by atoms with Crippen LogP contribution >= 0.6 is 0 Å². The number of rotatable bonds is 5. The minimum Gasteiger partial charge on any atom is -0.351 e. The first-order chi connectivity index (χ1) is 13.0. The lowest BCUT2D eigenvalue weighted by molar-refractivity contribution is -0.280. The van der Waals surface area contributed by atoms with Gasteiger partial charge in [-0.3, -0.25) is 0 Å². The molecule has 2 aliphatic heterocycles. The quantitative estimate of drug-likeness (QED) is 0.687. The predicted octanol–water partition coefficient (Wildman–Crippen LogP) is 4.71. The molecule has 0 bridgehead atoms. The Labute approximate surface area is 157 Å². The fraction of sp³-hybridized carbons (Fsp3) is 0.600. The lowest BCUT2D eigenvalue weighted by Gasteiger charge is -2.37. The second-order valence-electron chi connectivity index (χ2n) is 6.89. The first-order valence-electron chi connectivity index (χ1n) is 9.27. The fourth-order valence-electron chi connectivity index (χ4n) is 3.07. The molecule has 0 amide bonds. The van der Waals surface area contributed by atoms with Gasteiger partial charge in [-0.25, -0.2) is 0 Å². The number of benzene rings is 1. The number of unbranched alkanes of at least 4 members (excludes halogenated alkanes) is 1. The van der Waals surface area contributed by atoms with E-state index in [1.807, 2.05) is 0 Å². The topological polar surface area (TPSA) is 36.9 Å². The van der Waals surface area contributed by atoms with Crippen LogP contribution in [0, 0.1) is 11.8 Å². The van der Waals surface area contributed by atoms with Gasteiger partial charge in [0.1, 0.15) is 0 Å². The third-order valence-electron chi connectivity index (χ3n) is 4.63. The van der Waals surface area contributed by atoms with Gasteiger partial charge in [0.2, 0.25) is 0 Å². The summed E-state index contributed by atoms with van der Waals surface area (Å²) < 4.78 is 60.9. The lowest BCUT2D eigenvalue weighted by Crippen LogP contribution is -2.42. The molecule has 0 unspecified atom stereocenters. The average molecular weight is 386 g/mol. The van der Waals surface area contributed by atoms with Crippen LogP contribution in [0.15, 0.2) is 36.4 Å². The summed E-state index contributed by atoms with van der Waals surface area (Å²) >= 11 is 0. The molecule has 2 fully saturated rings. The van der Waals surface area contributed by atoms with E-state index in [0.29, 0.717) is 32.0 Å². The molecular formula is C20H25F3O4. The third kappa shape index (κ3) is 5.54. The van der Waals surface area contributed by atoms with E-state index in [1.54, 1.807) is 0 Å². The summed E-state index contributed by atoms with van der Waals surface area (Å²) in [5, 5.41) is 0. The molecule has 0 aromatic heterocycles. The third-order valence-corrected chi connectivity index (χ3v) is 4.63. The summed E-state index contributed by atoms with van der Waals surface area (Å²) in [6, 6.07) is 4.84. The summed E-state index contributed by atoms with van der Waals surface area (Å²) in [6.07, 6.45) is 1.05. The summed E-state index contributed by atoms with van der Waals surface area (Å²) in [5.41, 5.74) is -0.125. The zero-order valence-corrected chi connectivity index (χ0v) is 15.3. The van der Waals surface area contributed by atoms with Gasteiger partial charge >= 0.3 is 6.18 Å². The highest BCUT2D eigenvalue weighted by Gasteiger charge is 2.34. The van der Waals surface area contributed by atoms with Crippen molar-refractivity contribution >= 4 is 0 Å². The minimum atomic E-state index is -4.35. The number of hydrogen-bond donors (Lipinski definition) is 0. The van der Waals surface area contributed by atoms with Gasteiger partial charge in [-0.1, -0.05) is 37.6 Å². The highest BCUT2D eigenvalue weighted by molar-refractivity contribution is 5.25. The zero-order chi connectivity index (χ0) is 19.3. The lowest BCUT2D eigenvalue weighted by atomic mass is 10.1. The normalized spacial score (nSPS) is 29.9. The van der Waals surface area contributed by atoms with Crippen molar-refractivity contribution in [3.63, 3.8) is 0 Å². The Morgan fingerprint density at radius 1 is 0.963 bits per heavy atom. The van der Waals surface area contributed by atoms with Gasteiger partial charge in [0.05, 0.1) is 37.9 Å². The van der Waals surface area contributed by atoms with Crippen LogP contribution in [0.1, 0.15) is 37.2 Å². The molecule has 7 heteroatoms. The van der Waals surface area contributed by atoms with Crippen molar-refractivity contribution in [2.24, 2.45) is 11.8 Å². The molecule has 0 radical (unpaired) electrons. The monoisotopic (exact) mass is 386 g/mol. The van der Waals surface area contributed by atoms with E-state index in [-0.39, 0.29) is 18.1 Å². The SMILES string of the molecule is CCC/C=C/[C@H]1CO[C@H]([C@H]2CO[C@H](c3ccc(C(F)(F)F)cc3)OC2)OC1. The first kappa shape index (κ1) is 20.3.